The van der Waals surface area contributed by atoms with Gasteiger partial charge in [-0.3, -0.25) is 0 Å². The van der Waals surface area contributed by atoms with Crippen molar-refractivity contribution in [2.45, 2.75) is 12.3 Å². The van der Waals surface area contributed by atoms with Gasteiger partial charge < -0.3 is 14.4 Å². The Balaban J connectivity index is 1.90. The fourth-order valence-electron chi connectivity index (χ4n) is 2.06. The Morgan fingerprint density at radius 2 is 2.50 bits per heavy atom. The zero-order valence-electron chi connectivity index (χ0n) is 9.18. The zero-order chi connectivity index (χ0) is 11.0. The van der Waals surface area contributed by atoms with Gasteiger partial charge in [0.15, 0.2) is 0 Å². The van der Waals surface area contributed by atoms with E-state index in [1.54, 1.807) is 0 Å². The molecule has 0 aromatic carbocycles. The first-order chi connectivity index (χ1) is 7.84. The summed E-state index contributed by atoms with van der Waals surface area (Å²) in [4.78, 5) is 4.46. The van der Waals surface area contributed by atoms with Crippen molar-refractivity contribution in [1.82, 2.24) is 20.0 Å². The van der Waals surface area contributed by atoms with Crippen molar-refractivity contribution in [3.63, 3.8) is 0 Å². The first kappa shape index (κ1) is 9.59. The van der Waals surface area contributed by atoms with Gasteiger partial charge >= 0.3 is 0 Å². The maximum Gasteiger partial charge on any atom is 0.231 e. The van der Waals surface area contributed by atoms with Crippen molar-refractivity contribution in [2.24, 2.45) is 7.05 Å². The van der Waals surface area contributed by atoms with Gasteiger partial charge in [0.1, 0.15) is 0 Å². The van der Waals surface area contributed by atoms with Gasteiger partial charge in [-0.1, -0.05) is 5.16 Å². The molecule has 5 heteroatoms. The van der Waals surface area contributed by atoms with E-state index >= 15 is 0 Å². The molecule has 84 valence electrons. The highest BCUT2D eigenvalue weighted by Crippen LogP contribution is 2.23. The number of rotatable bonds is 2. The third-order valence-corrected chi connectivity index (χ3v) is 3.02. The minimum Gasteiger partial charge on any atom is -0.348 e. The predicted molar refractivity (Wildman–Crippen MR) is 58.9 cm³/mol. The van der Waals surface area contributed by atoms with Crippen molar-refractivity contribution in [1.29, 1.82) is 0 Å². The molecule has 1 atom stereocenters. The molecule has 0 bridgehead atoms. The number of nitrogens with zero attached hydrogens (tertiary/aromatic N) is 3. The van der Waals surface area contributed by atoms with E-state index in [0.717, 1.165) is 31.1 Å². The highest BCUT2D eigenvalue weighted by Gasteiger charge is 2.23. The lowest BCUT2D eigenvalue weighted by atomic mass is 10.1. The van der Waals surface area contributed by atoms with E-state index in [4.69, 9.17) is 4.52 Å². The quantitative estimate of drug-likeness (QED) is 0.821. The molecule has 1 aliphatic rings. The molecule has 2 aromatic heterocycles. The first-order valence-corrected chi connectivity index (χ1v) is 5.50. The summed E-state index contributed by atoms with van der Waals surface area (Å²) in [7, 11) is 1.97. The lowest BCUT2D eigenvalue weighted by molar-refractivity contribution is 0.359. The highest BCUT2D eigenvalue weighted by molar-refractivity contribution is 5.49. The van der Waals surface area contributed by atoms with Crippen LogP contribution >= 0.6 is 0 Å². The number of nitrogens with one attached hydrogen (secondary N) is 1. The van der Waals surface area contributed by atoms with Crippen LogP contribution in [0.4, 0.5) is 0 Å². The second-order valence-corrected chi connectivity index (χ2v) is 4.15. The molecule has 1 saturated heterocycles. The van der Waals surface area contributed by atoms with Crippen LogP contribution in [0.25, 0.3) is 11.5 Å². The summed E-state index contributed by atoms with van der Waals surface area (Å²) in [6.07, 6.45) is 3.05. The second-order valence-electron chi connectivity index (χ2n) is 4.15. The summed E-state index contributed by atoms with van der Waals surface area (Å²) >= 11 is 0. The SMILES string of the molecule is Cn1cccc1-c1noc([C@H]2CCNC2)n1. The Morgan fingerprint density at radius 3 is 3.19 bits per heavy atom. The lowest BCUT2D eigenvalue weighted by Gasteiger charge is -1.98. The van der Waals surface area contributed by atoms with Gasteiger partial charge in [-0.2, -0.15) is 4.98 Å². The average molecular weight is 218 g/mol. The first-order valence-electron chi connectivity index (χ1n) is 5.50. The molecule has 0 saturated carbocycles. The molecular formula is C11H14N4O. The van der Waals surface area contributed by atoms with Crippen molar-refractivity contribution in [3.8, 4) is 11.5 Å². The minimum absolute atomic E-state index is 0.376. The van der Waals surface area contributed by atoms with Gasteiger partial charge in [-0.15, -0.1) is 0 Å². The summed E-state index contributed by atoms with van der Waals surface area (Å²) in [6, 6.07) is 3.96. The van der Waals surface area contributed by atoms with E-state index in [1.807, 2.05) is 29.9 Å². The van der Waals surface area contributed by atoms with Crippen molar-refractivity contribution in [2.75, 3.05) is 13.1 Å². The van der Waals surface area contributed by atoms with E-state index in [1.165, 1.54) is 0 Å². The number of aryl methyl sites for hydroxylation is 1. The topological polar surface area (TPSA) is 55.9 Å². The van der Waals surface area contributed by atoms with Gasteiger partial charge in [0, 0.05) is 19.8 Å². The van der Waals surface area contributed by atoms with Gasteiger partial charge in [-0.05, 0) is 25.1 Å². The summed E-state index contributed by atoms with van der Waals surface area (Å²) in [6.45, 7) is 1.97. The minimum atomic E-state index is 0.376. The van der Waals surface area contributed by atoms with Crippen molar-refractivity contribution in [3.05, 3.63) is 24.2 Å². The number of aromatic nitrogens is 3. The molecule has 1 fully saturated rings. The molecule has 0 amide bonds. The normalized spacial score (nSPS) is 20.4. The van der Waals surface area contributed by atoms with Crippen LogP contribution in [0.2, 0.25) is 0 Å². The molecule has 0 unspecified atom stereocenters. The monoisotopic (exact) mass is 218 g/mol. The van der Waals surface area contributed by atoms with Gasteiger partial charge in [0.25, 0.3) is 0 Å². The maximum absolute atomic E-state index is 5.31. The summed E-state index contributed by atoms with van der Waals surface area (Å²) in [5.74, 6) is 1.80. The Kier molecular flexibility index (Phi) is 2.25. The molecule has 0 spiro atoms. The molecular weight excluding hydrogens is 204 g/mol. The van der Waals surface area contributed by atoms with E-state index in [9.17, 15) is 0 Å². The molecule has 0 radical (unpaired) electrons. The third kappa shape index (κ3) is 1.53. The van der Waals surface area contributed by atoms with E-state index in [2.05, 4.69) is 15.5 Å². The van der Waals surface area contributed by atoms with E-state index in [0.29, 0.717) is 11.7 Å². The summed E-state index contributed by atoms with van der Waals surface area (Å²) in [5, 5.41) is 7.32. The molecule has 5 nitrogen and oxygen atoms in total. The van der Waals surface area contributed by atoms with Crippen LogP contribution in [-0.2, 0) is 7.05 Å². The molecule has 1 aliphatic heterocycles. The molecule has 2 aromatic rings. The van der Waals surface area contributed by atoms with Gasteiger partial charge in [0.05, 0.1) is 11.6 Å². The maximum atomic E-state index is 5.31. The lowest BCUT2D eigenvalue weighted by Crippen LogP contribution is -2.08. The van der Waals surface area contributed by atoms with Gasteiger partial charge in [0.2, 0.25) is 11.7 Å². The van der Waals surface area contributed by atoms with Crippen LogP contribution in [0.3, 0.4) is 0 Å². The van der Waals surface area contributed by atoms with E-state index in [-0.39, 0.29) is 0 Å². The smallest absolute Gasteiger partial charge is 0.231 e. The number of hydrogen-bond acceptors (Lipinski definition) is 4. The highest BCUT2D eigenvalue weighted by atomic mass is 16.5. The Bertz CT molecular complexity index is 482. The molecule has 1 N–H and O–H groups in total. The van der Waals surface area contributed by atoms with Gasteiger partial charge in [-0.25, -0.2) is 0 Å². The Morgan fingerprint density at radius 1 is 1.56 bits per heavy atom. The Labute approximate surface area is 93.5 Å². The summed E-state index contributed by atoms with van der Waals surface area (Å²) in [5.41, 5.74) is 0.987. The molecule has 3 heterocycles. The number of hydrogen-bond donors (Lipinski definition) is 1. The molecule has 0 aliphatic carbocycles. The van der Waals surface area contributed by atoms with Crippen LogP contribution in [-0.4, -0.2) is 27.8 Å². The van der Waals surface area contributed by atoms with Crippen LogP contribution in [0.1, 0.15) is 18.2 Å². The average Bonchev–Trinajstić information content (AvgIpc) is 2.96. The van der Waals surface area contributed by atoms with Crippen molar-refractivity contribution < 1.29 is 4.52 Å². The zero-order valence-corrected chi connectivity index (χ0v) is 9.18. The fourth-order valence-corrected chi connectivity index (χ4v) is 2.06. The molecule has 16 heavy (non-hydrogen) atoms. The van der Waals surface area contributed by atoms with E-state index < -0.39 is 0 Å². The van der Waals surface area contributed by atoms with Crippen molar-refractivity contribution >= 4 is 0 Å². The standard InChI is InChI=1S/C11H14N4O/c1-15-6-2-3-9(15)10-13-11(16-14-10)8-4-5-12-7-8/h2-3,6,8,12H,4-5,7H2,1H3/t8-/m0/s1. The predicted octanol–water partition coefficient (Wildman–Crippen LogP) is 1.15. The van der Waals surface area contributed by atoms with Crippen LogP contribution < -0.4 is 5.32 Å². The van der Waals surface area contributed by atoms with Crippen LogP contribution in [0.5, 0.6) is 0 Å². The largest absolute Gasteiger partial charge is 0.348 e. The van der Waals surface area contributed by atoms with Crippen LogP contribution in [0, 0.1) is 0 Å². The van der Waals surface area contributed by atoms with Crippen LogP contribution in [0.15, 0.2) is 22.9 Å². The third-order valence-electron chi connectivity index (χ3n) is 3.02. The fraction of sp³-hybridized carbons (Fsp3) is 0.455. The molecule has 3 rings (SSSR count). The second kappa shape index (κ2) is 3.75. The Hall–Kier alpha value is -1.62. The summed E-state index contributed by atoms with van der Waals surface area (Å²) < 4.78 is 7.30.